The van der Waals surface area contributed by atoms with Gasteiger partial charge in [0.2, 0.25) is 10.0 Å². The molecule has 0 saturated heterocycles. The first kappa shape index (κ1) is 14.4. The first-order valence-electron chi connectivity index (χ1n) is 4.45. The van der Waals surface area contributed by atoms with E-state index in [1.54, 1.807) is 0 Å². The van der Waals surface area contributed by atoms with Gasteiger partial charge >= 0.3 is 6.18 Å². The van der Waals surface area contributed by atoms with E-state index in [9.17, 15) is 26.4 Å². The maximum atomic E-state index is 11.9. The third kappa shape index (κ3) is 3.43. The molecule has 0 atom stereocenters. The number of halogens is 3. The summed E-state index contributed by atoms with van der Waals surface area (Å²) in [7, 11) is -4.26. The third-order valence-electron chi connectivity index (χ3n) is 1.84. The van der Waals surface area contributed by atoms with Gasteiger partial charge in [0.1, 0.15) is 11.4 Å². The molecule has 7 nitrogen and oxygen atoms in total. The highest BCUT2D eigenvalue weighted by Gasteiger charge is 2.31. The molecule has 102 valence electrons. The minimum Gasteiger partial charge on any atom is -0.341 e. The van der Waals surface area contributed by atoms with Gasteiger partial charge in [-0.25, -0.2) is 13.6 Å². The number of nitrogens with zero attached hydrogens (tertiary/aromatic N) is 1. The van der Waals surface area contributed by atoms with Crippen molar-refractivity contribution in [3.05, 3.63) is 11.4 Å². The SMILES string of the molecule is Cc1[nH]nc(C(=O)NCC(F)(F)F)c1S(N)(=O)=O. The lowest BCUT2D eigenvalue weighted by Crippen LogP contribution is -2.34. The number of H-pyrrole nitrogens is 1. The predicted octanol–water partition coefficient (Wildman–Crippen LogP) is -0.342. The molecular weight excluding hydrogens is 277 g/mol. The second-order valence-corrected chi connectivity index (χ2v) is 4.87. The monoisotopic (exact) mass is 286 g/mol. The Kier molecular flexibility index (Phi) is 3.67. The molecule has 1 heterocycles. The predicted molar refractivity (Wildman–Crippen MR) is 53.1 cm³/mol. The quantitative estimate of drug-likeness (QED) is 0.704. The lowest BCUT2D eigenvalue weighted by molar-refractivity contribution is -0.123. The lowest BCUT2D eigenvalue weighted by atomic mass is 10.3. The summed E-state index contributed by atoms with van der Waals surface area (Å²) in [6.45, 7) is -0.324. The zero-order valence-corrected chi connectivity index (χ0v) is 9.82. The van der Waals surface area contributed by atoms with Crippen LogP contribution in [-0.2, 0) is 10.0 Å². The lowest BCUT2D eigenvalue weighted by Gasteiger charge is -2.07. The third-order valence-corrected chi connectivity index (χ3v) is 2.91. The average Bonchev–Trinajstić information content (AvgIpc) is 2.54. The number of hydrogen-bond donors (Lipinski definition) is 3. The summed E-state index contributed by atoms with van der Waals surface area (Å²) in [6.07, 6.45) is -4.61. The molecule has 1 amide bonds. The largest absolute Gasteiger partial charge is 0.405 e. The van der Waals surface area contributed by atoms with Crippen LogP contribution < -0.4 is 10.5 Å². The molecule has 0 aliphatic carbocycles. The molecule has 0 fully saturated rings. The Labute approximate surface area is 99.6 Å². The highest BCUT2D eigenvalue weighted by Crippen LogP contribution is 2.17. The Morgan fingerprint density at radius 1 is 1.50 bits per heavy atom. The van der Waals surface area contributed by atoms with E-state index in [1.165, 1.54) is 12.2 Å². The van der Waals surface area contributed by atoms with Crippen molar-refractivity contribution in [1.82, 2.24) is 15.5 Å². The number of amides is 1. The van der Waals surface area contributed by atoms with Gasteiger partial charge in [-0.1, -0.05) is 0 Å². The summed E-state index contributed by atoms with van der Waals surface area (Å²) in [6, 6.07) is 0. The zero-order valence-electron chi connectivity index (χ0n) is 9.00. The van der Waals surface area contributed by atoms with Crippen LogP contribution in [0.1, 0.15) is 16.2 Å². The molecule has 1 aromatic rings. The Balaban J connectivity index is 3.02. The number of carbonyl (C=O) groups excluding carboxylic acids is 1. The number of primary sulfonamides is 1. The van der Waals surface area contributed by atoms with Crippen LogP contribution in [0.25, 0.3) is 0 Å². The highest BCUT2D eigenvalue weighted by molar-refractivity contribution is 7.89. The fourth-order valence-electron chi connectivity index (χ4n) is 1.19. The van der Waals surface area contributed by atoms with Gasteiger partial charge in [0.15, 0.2) is 5.69 Å². The van der Waals surface area contributed by atoms with Crippen molar-refractivity contribution in [2.24, 2.45) is 5.14 Å². The normalized spacial score (nSPS) is 12.5. The molecule has 18 heavy (non-hydrogen) atoms. The van der Waals surface area contributed by atoms with E-state index in [1.807, 2.05) is 0 Å². The first-order valence-corrected chi connectivity index (χ1v) is 5.99. The molecule has 0 spiro atoms. The van der Waals surface area contributed by atoms with Crippen LogP contribution in [0.4, 0.5) is 13.2 Å². The van der Waals surface area contributed by atoms with E-state index in [-0.39, 0.29) is 5.69 Å². The van der Waals surface area contributed by atoms with E-state index in [0.717, 1.165) is 0 Å². The molecule has 1 rings (SSSR count). The number of carbonyl (C=O) groups is 1. The number of alkyl halides is 3. The fraction of sp³-hybridized carbons (Fsp3) is 0.429. The number of aromatic amines is 1. The van der Waals surface area contributed by atoms with Gasteiger partial charge in [-0.05, 0) is 6.92 Å². The van der Waals surface area contributed by atoms with Crippen LogP contribution in [0.3, 0.4) is 0 Å². The molecule has 0 aromatic carbocycles. The number of nitrogens with two attached hydrogens (primary N) is 1. The fourth-order valence-corrected chi connectivity index (χ4v) is 2.07. The van der Waals surface area contributed by atoms with Crippen molar-refractivity contribution in [1.29, 1.82) is 0 Å². The Morgan fingerprint density at radius 3 is 2.50 bits per heavy atom. The summed E-state index contributed by atoms with van der Waals surface area (Å²) >= 11 is 0. The van der Waals surface area contributed by atoms with E-state index in [0.29, 0.717) is 0 Å². The van der Waals surface area contributed by atoms with E-state index in [2.05, 4.69) is 10.2 Å². The minimum absolute atomic E-state index is 0.0327. The second kappa shape index (κ2) is 4.57. The van der Waals surface area contributed by atoms with Gasteiger partial charge in [-0.3, -0.25) is 9.89 Å². The van der Waals surface area contributed by atoms with Gasteiger partial charge in [-0.2, -0.15) is 18.3 Å². The van der Waals surface area contributed by atoms with Gasteiger partial charge in [0.05, 0.1) is 5.69 Å². The highest BCUT2D eigenvalue weighted by atomic mass is 32.2. The van der Waals surface area contributed by atoms with Crippen LogP contribution in [0.15, 0.2) is 4.90 Å². The summed E-state index contributed by atoms with van der Waals surface area (Å²) in [4.78, 5) is 10.7. The molecule has 0 bridgehead atoms. The van der Waals surface area contributed by atoms with Gasteiger partial charge in [0, 0.05) is 0 Å². The molecule has 0 radical (unpaired) electrons. The molecular formula is C7H9F3N4O3S. The Hall–Kier alpha value is -1.62. The number of aromatic nitrogens is 2. The van der Waals surface area contributed by atoms with E-state index in [4.69, 9.17) is 5.14 Å². The van der Waals surface area contributed by atoms with Crippen LogP contribution in [0, 0.1) is 6.92 Å². The van der Waals surface area contributed by atoms with Crippen LogP contribution in [0.5, 0.6) is 0 Å². The van der Waals surface area contributed by atoms with Crippen LogP contribution in [0.2, 0.25) is 0 Å². The zero-order chi connectivity index (χ0) is 14.1. The van der Waals surface area contributed by atoms with Crippen molar-refractivity contribution in [3.63, 3.8) is 0 Å². The van der Waals surface area contributed by atoms with Crippen molar-refractivity contribution >= 4 is 15.9 Å². The second-order valence-electron chi connectivity index (χ2n) is 3.37. The molecule has 0 aliphatic rings. The van der Waals surface area contributed by atoms with Crippen molar-refractivity contribution in [2.75, 3.05) is 6.54 Å². The standard InChI is InChI=1S/C7H9F3N4O3S/c1-3-5(18(11,16)17)4(14-13-3)6(15)12-2-7(8,9)10/h2H2,1H3,(H,12,15)(H,13,14)(H2,11,16,17). The molecule has 0 saturated carbocycles. The van der Waals surface area contributed by atoms with Crippen LogP contribution >= 0.6 is 0 Å². The van der Waals surface area contributed by atoms with Gasteiger partial charge < -0.3 is 5.32 Å². The van der Waals surface area contributed by atoms with Crippen molar-refractivity contribution in [3.8, 4) is 0 Å². The molecule has 0 unspecified atom stereocenters. The maximum absolute atomic E-state index is 11.9. The molecule has 0 aliphatic heterocycles. The van der Waals surface area contributed by atoms with Crippen molar-refractivity contribution < 1.29 is 26.4 Å². The number of hydrogen-bond acceptors (Lipinski definition) is 4. The van der Waals surface area contributed by atoms with Gasteiger partial charge in [-0.15, -0.1) is 0 Å². The maximum Gasteiger partial charge on any atom is 0.405 e. The molecule has 11 heteroatoms. The summed E-state index contributed by atoms with van der Waals surface area (Å²) in [5, 5.41) is 11.8. The van der Waals surface area contributed by atoms with Gasteiger partial charge in [0.25, 0.3) is 5.91 Å². The van der Waals surface area contributed by atoms with Crippen molar-refractivity contribution in [2.45, 2.75) is 18.0 Å². The Bertz CT molecular complexity index is 563. The average molecular weight is 286 g/mol. The summed E-state index contributed by atoms with van der Waals surface area (Å²) in [5.41, 5.74) is -0.728. The smallest absolute Gasteiger partial charge is 0.341 e. The minimum atomic E-state index is -4.61. The first-order chi connectivity index (χ1) is 8.02. The number of sulfonamides is 1. The van der Waals surface area contributed by atoms with Crippen LogP contribution in [-0.4, -0.2) is 37.2 Å². The molecule has 1 aromatic heterocycles. The number of aryl methyl sites for hydroxylation is 1. The van der Waals surface area contributed by atoms with E-state index >= 15 is 0 Å². The van der Waals surface area contributed by atoms with E-state index < -0.39 is 39.2 Å². The molecule has 4 N–H and O–H groups in total. The summed E-state index contributed by atoms with van der Waals surface area (Å²) < 4.78 is 58.0. The Morgan fingerprint density at radius 2 is 2.06 bits per heavy atom. The number of rotatable bonds is 3. The number of nitrogens with one attached hydrogen (secondary N) is 2. The topological polar surface area (TPSA) is 118 Å². The summed E-state index contributed by atoms with van der Waals surface area (Å²) in [5.74, 6) is -1.28.